The van der Waals surface area contributed by atoms with Crippen molar-refractivity contribution in [2.24, 2.45) is 0 Å². The van der Waals surface area contributed by atoms with Crippen molar-refractivity contribution in [3.05, 3.63) is 48.5 Å². The molecule has 200 valence electrons. The standard InChI is InChI=1S/C25H29FN8O4/c26-17-12-16(38-22-15-36-14-20(22)35)3-4-19(17)33-9-7-32(8-10-33)6-5-28-25-29-23-13-18(21-2-1-11-37-21)31-34(23)24(27)30-25/h1-4,11-13,20,22,35H,5-10,14-15H2,(H3,27,28,29,30)/t20-,22-/m0/s1. The highest BCUT2D eigenvalue weighted by atomic mass is 19.1. The van der Waals surface area contributed by atoms with Gasteiger partial charge in [-0.2, -0.15) is 19.6 Å². The van der Waals surface area contributed by atoms with Gasteiger partial charge in [-0.1, -0.05) is 0 Å². The number of nitrogens with zero attached hydrogens (tertiary/aromatic N) is 6. The van der Waals surface area contributed by atoms with Crippen LogP contribution in [0.5, 0.6) is 5.75 Å². The Balaban J connectivity index is 0.998. The summed E-state index contributed by atoms with van der Waals surface area (Å²) in [4.78, 5) is 13.2. The van der Waals surface area contributed by atoms with Crippen molar-refractivity contribution in [1.29, 1.82) is 0 Å². The van der Waals surface area contributed by atoms with Gasteiger partial charge in [-0.3, -0.25) is 4.90 Å². The Morgan fingerprint density at radius 2 is 2.00 bits per heavy atom. The van der Waals surface area contributed by atoms with Crippen LogP contribution in [0.25, 0.3) is 17.1 Å². The second kappa shape index (κ2) is 10.4. The fraction of sp³-hybridized carbons (Fsp3) is 0.400. The first-order valence-electron chi connectivity index (χ1n) is 12.5. The van der Waals surface area contributed by atoms with E-state index in [1.807, 2.05) is 11.0 Å². The molecule has 2 fully saturated rings. The van der Waals surface area contributed by atoms with Crippen molar-refractivity contribution in [2.75, 3.05) is 68.4 Å². The first kappa shape index (κ1) is 24.4. The minimum atomic E-state index is -0.696. The van der Waals surface area contributed by atoms with E-state index >= 15 is 0 Å². The molecule has 0 bridgehead atoms. The van der Waals surface area contributed by atoms with E-state index in [0.717, 1.165) is 19.6 Å². The minimum Gasteiger partial charge on any atom is -0.485 e. The molecule has 3 aromatic heterocycles. The van der Waals surface area contributed by atoms with Crippen LogP contribution in [0.15, 0.2) is 47.1 Å². The number of halogens is 1. The summed E-state index contributed by atoms with van der Waals surface area (Å²) in [5.74, 6) is 1.34. The van der Waals surface area contributed by atoms with Gasteiger partial charge in [-0.05, 0) is 24.3 Å². The average Bonchev–Trinajstić information content (AvgIpc) is 3.67. The number of benzene rings is 1. The maximum atomic E-state index is 14.8. The smallest absolute Gasteiger partial charge is 0.228 e. The highest BCUT2D eigenvalue weighted by Gasteiger charge is 2.28. The Labute approximate surface area is 217 Å². The number of hydrogen-bond acceptors (Lipinski definition) is 11. The fourth-order valence-corrected chi connectivity index (χ4v) is 4.70. The lowest BCUT2D eigenvalue weighted by Crippen LogP contribution is -2.48. The van der Waals surface area contributed by atoms with Crippen LogP contribution in [0.1, 0.15) is 0 Å². The topological polar surface area (TPSA) is 139 Å². The molecule has 6 rings (SSSR count). The molecule has 4 N–H and O–H groups in total. The van der Waals surface area contributed by atoms with Gasteiger partial charge in [0.1, 0.15) is 29.5 Å². The van der Waals surface area contributed by atoms with Crippen molar-refractivity contribution in [3.63, 3.8) is 0 Å². The molecule has 13 heteroatoms. The van der Waals surface area contributed by atoms with Crippen LogP contribution in [0.2, 0.25) is 0 Å². The van der Waals surface area contributed by atoms with E-state index in [9.17, 15) is 9.50 Å². The van der Waals surface area contributed by atoms with Crippen LogP contribution in [0, 0.1) is 5.82 Å². The van der Waals surface area contributed by atoms with E-state index in [-0.39, 0.29) is 18.4 Å². The summed E-state index contributed by atoms with van der Waals surface area (Å²) < 4.78 is 32.6. The summed E-state index contributed by atoms with van der Waals surface area (Å²) in [5, 5.41) is 17.5. The van der Waals surface area contributed by atoms with Gasteiger partial charge in [0.05, 0.1) is 25.2 Å². The van der Waals surface area contributed by atoms with Gasteiger partial charge in [-0.15, -0.1) is 0 Å². The molecule has 1 aromatic carbocycles. The summed E-state index contributed by atoms with van der Waals surface area (Å²) >= 11 is 0. The maximum Gasteiger partial charge on any atom is 0.228 e. The fourth-order valence-electron chi connectivity index (χ4n) is 4.70. The molecule has 0 saturated carbocycles. The Morgan fingerprint density at radius 3 is 2.74 bits per heavy atom. The summed E-state index contributed by atoms with van der Waals surface area (Å²) in [6.45, 7) is 4.93. The van der Waals surface area contributed by atoms with Gasteiger partial charge in [0.25, 0.3) is 0 Å². The number of nitrogens with one attached hydrogen (secondary N) is 1. The van der Waals surface area contributed by atoms with E-state index in [2.05, 4.69) is 25.3 Å². The Bertz CT molecular complexity index is 1390. The third-order valence-corrected chi connectivity index (χ3v) is 6.75. The number of hydrogen-bond donors (Lipinski definition) is 3. The number of nitrogen functional groups attached to an aromatic ring is 1. The first-order valence-corrected chi connectivity index (χ1v) is 12.5. The number of furan rings is 1. The van der Waals surface area contributed by atoms with Crippen molar-refractivity contribution in [3.8, 4) is 17.2 Å². The molecule has 0 unspecified atom stereocenters. The Kier molecular flexibility index (Phi) is 6.70. The van der Waals surface area contributed by atoms with Crippen molar-refractivity contribution in [1.82, 2.24) is 24.5 Å². The van der Waals surface area contributed by atoms with Crippen LogP contribution in [0.3, 0.4) is 0 Å². The average molecular weight is 525 g/mol. The van der Waals surface area contributed by atoms with E-state index < -0.39 is 12.2 Å². The summed E-state index contributed by atoms with van der Waals surface area (Å²) in [5.41, 5.74) is 7.84. The monoisotopic (exact) mass is 524 g/mol. The number of aromatic nitrogens is 4. The van der Waals surface area contributed by atoms with E-state index in [1.54, 1.807) is 30.5 Å². The highest BCUT2D eigenvalue weighted by molar-refractivity contribution is 5.61. The van der Waals surface area contributed by atoms with Crippen molar-refractivity contribution < 1.29 is 23.4 Å². The van der Waals surface area contributed by atoms with Crippen LogP contribution >= 0.6 is 0 Å². The zero-order valence-corrected chi connectivity index (χ0v) is 20.7. The van der Waals surface area contributed by atoms with E-state index in [0.29, 0.717) is 60.7 Å². The molecule has 0 spiro atoms. The number of ether oxygens (including phenoxy) is 2. The molecule has 12 nitrogen and oxygen atoms in total. The molecule has 0 radical (unpaired) electrons. The quantitative estimate of drug-likeness (QED) is 0.309. The molecule has 5 heterocycles. The second-order valence-electron chi connectivity index (χ2n) is 9.31. The van der Waals surface area contributed by atoms with Crippen LogP contribution < -0.4 is 20.7 Å². The lowest BCUT2D eigenvalue weighted by molar-refractivity contribution is 0.0731. The van der Waals surface area contributed by atoms with Gasteiger partial charge in [0, 0.05) is 51.4 Å². The molecule has 2 aliphatic rings. The van der Waals surface area contributed by atoms with Crippen LogP contribution in [0.4, 0.5) is 22.0 Å². The van der Waals surface area contributed by atoms with Gasteiger partial charge < -0.3 is 34.9 Å². The third-order valence-electron chi connectivity index (χ3n) is 6.75. The SMILES string of the molecule is Nc1nc(NCCN2CCN(c3ccc(O[C@H]4COC[C@@H]4O)cc3F)CC2)nc2cc(-c3ccco3)nn12. The molecule has 0 aliphatic carbocycles. The van der Waals surface area contributed by atoms with Crippen molar-refractivity contribution >= 4 is 23.2 Å². The Hall–Kier alpha value is -3.94. The van der Waals surface area contributed by atoms with Crippen molar-refractivity contribution in [2.45, 2.75) is 12.2 Å². The zero-order chi connectivity index (χ0) is 26.1. The largest absolute Gasteiger partial charge is 0.485 e. The number of aliphatic hydroxyl groups excluding tert-OH is 1. The number of rotatable bonds is 8. The summed E-state index contributed by atoms with van der Waals surface area (Å²) in [6.07, 6.45) is 0.419. The molecule has 4 aromatic rings. The minimum absolute atomic E-state index is 0.232. The van der Waals surface area contributed by atoms with Gasteiger partial charge >= 0.3 is 0 Å². The molecule has 38 heavy (non-hydrogen) atoms. The molecule has 0 amide bonds. The number of aliphatic hydroxyl groups is 1. The second-order valence-corrected chi connectivity index (χ2v) is 9.31. The van der Waals surface area contributed by atoms with Gasteiger partial charge in [-0.25, -0.2) is 4.39 Å². The number of nitrogens with two attached hydrogens (primary N) is 1. The predicted octanol–water partition coefficient (Wildman–Crippen LogP) is 1.48. The number of fused-ring (bicyclic) bond motifs is 1. The highest BCUT2D eigenvalue weighted by Crippen LogP contribution is 2.27. The van der Waals surface area contributed by atoms with Gasteiger partial charge in [0.15, 0.2) is 11.4 Å². The third kappa shape index (κ3) is 5.08. The molecule has 2 aliphatic heterocycles. The summed E-state index contributed by atoms with van der Waals surface area (Å²) in [7, 11) is 0. The molecule has 2 atom stereocenters. The number of piperazine rings is 1. The normalized spacial score (nSPS) is 20.3. The van der Waals surface area contributed by atoms with Gasteiger partial charge in [0.2, 0.25) is 11.9 Å². The Morgan fingerprint density at radius 1 is 1.13 bits per heavy atom. The van der Waals surface area contributed by atoms with Crippen LogP contribution in [-0.2, 0) is 4.74 Å². The van der Waals surface area contributed by atoms with E-state index in [1.165, 1.54) is 10.6 Å². The first-order chi connectivity index (χ1) is 18.5. The lowest BCUT2D eigenvalue weighted by atomic mass is 10.2. The molecular weight excluding hydrogens is 495 g/mol. The predicted molar refractivity (Wildman–Crippen MR) is 138 cm³/mol. The van der Waals surface area contributed by atoms with Crippen LogP contribution in [-0.4, -0.2) is 94.3 Å². The lowest BCUT2D eigenvalue weighted by Gasteiger charge is -2.36. The molecular formula is C25H29FN8O4. The zero-order valence-electron chi connectivity index (χ0n) is 20.7. The summed E-state index contributed by atoms with van der Waals surface area (Å²) in [6, 6.07) is 10.3. The van der Waals surface area contributed by atoms with E-state index in [4.69, 9.17) is 19.6 Å². The molecule has 2 saturated heterocycles. The number of anilines is 3. The maximum absolute atomic E-state index is 14.8.